The third kappa shape index (κ3) is 4.07. The van der Waals surface area contributed by atoms with Gasteiger partial charge in [-0.2, -0.15) is 0 Å². The number of hydrogen-bond donors (Lipinski definition) is 0. The molecule has 0 N–H and O–H groups in total. The fourth-order valence-corrected chi connectivity index (χ4v) is 7.47. The Bertz CT molecular complexity index is 1390. The molecular weight excluding hydrogens is 495 g/mol. The van der Waals surface area contributed by atoms with Gasteiger partial charge in [-0.15, -0.1) is 0 Å². The molecule has 1 aromatic carbocycles. The van der Waals surface area contributed by atoms with Crippen molar-refractivity contribution < 1.29 is 18.6 Å². The second kappa shape index (κ2) is 9.61. The molecule has 2 aliphatic carbocycles. The first-order valence-corrected chi connectivity index (χ1v) is 14.2. The molecule has 7 rings (SSSR count). The largest absolute Gasteiger partial charge is 0.378 e. The molecule has 3 atom stereocenters. The van der Waals surface area contributed by atoms with Crippen LogP contribution in [0.1, 0.15) is 44.4 Å². The molecule has 0 bridgehead atoms. The van der Waals surface area contributed by atoms with Crippen molar-refractivity contribution in [3.05, 3.63) is 59.7 Å². The van der Waals surface area contributed by atoms with E-state index in [1.54, 1.807) is 6.07 Å². The summed E-state index contributed by atoms with van der Waals surface area (Å²) in [6, 6.07) is 11.0. The Hall–Kier alpha value is -2.94. The van der Waals surface area contributed by atoms with Gasteiger partial charge in [-0.3, -0.25) is 0 Å². The van der Waals surface area contributed by atoms with E-state index in [1.165, 1.54) is 6.07 Å². The third-order valence-corrected chi connectivity index (χ3v) is 9.61. The Morgan fingerprint density at radius 3 is 2.59 bits per heavy atom. The molecule has 1 spiro atoms. The van der Waals surface area contributed by atoms with Crippen LogP contribution in [0.25, 0.3) is 22.6 Å². The topological polar surface area (TPSA) is 69.6 Å². The van der Waals surface area contributed by atoms with Crippen molar-refractivity contribution in [3.63, 3.8) is 0 Å². The van der Waals surface area contributed by atoms with Gasteiger partial charge in [-0.05, 0) is 49.4 Å². The molecule has 7 nitrogen and oxygen atoms in total. The number of ether oxygens (including phenoxy) is 3. The van der Waals surface area contributed by atoms with E-state index in [9.17, 15) is 0 Å². The van der Waals surface area contributed by atoms with Crippen LogP contribution in [0.4, 0.5) is 10.2 Å². The number of hydrogen-bond acceptors (Lipinski definition) is 7. The minimum absolute atomic E-state index is 0.189. The molecule has 2 aliphatic heterocycles. The third-order valence-electron chi connectivity index (χ3n) is 9.61. The molecule has 204 valence electrons. The van der Waals surface area contributed by atoms with Crippen molar-refractivity contribution in [2.75, 3.05) is 44.4 Å². The minimum Gasteiger partial charge on any atom is -0.378 e. The van der Waals surface area contributed by atoms with Gasteiger partial charge in [0.1, 0.15) is 11.6 Å². The lowest BCUT2D eigenvalue weighted by Crippen LogP contribution is -2.55. The van der Waals surface area contributed by atoms with E-state index in [1.807, 2.05) is 24.4 Å². The molecule has 0 radical (unpaired) electrons. The maximum atomic E-state index is 15.3. The SMILES string of the molecule is C[C@@H]1[C@H]2CCc3c(-c4ccccc4F)nc(-c4ccnc(N5CCOCC5)c4)nc3[C@]2(C)CCC12OCCO2. The fourth-order valence-electron chi connectivity index (χ4n) is 7.47. The van der Waals surface area contributed by atoms with Crippen molar-refractivity contribution in [1.82, 2.24) is 15.0 Å². The van der Waals surface area contributed by atoms with E-state index in [-0.39, 0.29) is 17.2 Å². The lowest BCUT2D eigenvalue weighted by Gasteiger charge is -2.54. The number of pyridine rings is 1. The molecule has 0 unspecified atom stereocenters. The number of morpholine rings is 1. The van der Waals surface area contributed by atoms with Gasteiger partial charge in [-0.25, -0.2) is 19.3 Å². The van der Waals surface area contributed by atoms with Gasteiger partial charge in [0.25, 0.3) is 0 Å². The molecule has 8 heteroatoms. The Kier molecular flexibility index (Phi) is 6.17. The first kappa shape index (κ1) is 25.1. The van der Waals surface area contributed by atoms with E-state index in [0.717, 1.165) is 61.4 Å². The Morgan fingerprint density at radius 2 is 1.79 bits per heavy atom. The molecule has 4 aliphatic rings. The molecule has 3 fully saturated rings. The van der Waals surface area contributed by atoms with Crippen LogP contribution in [0.3, 0.4) is 0 Å². The first-order valence-electron chi connectivity index (χ1n) is 14.2. The highest BCUT2D eigenvalue weighted by atomic mass is 19.1. The van der Waals surface area contributed by atoms with Crippen LogP contribution >= 0.6 is 0 Å². The van der Waals surface area contributed by atoms with Gasteiger partial charge < -0.3 is 19.1 Å². The molecular formula is C31H35FN4O3. The lowest BCUT2D eigenvalue weighted by molar-refractivity contribution is -0.234. The van der Waals surface area contributed by atoms with Crippen LogP contribution in [0.2, 0.25) is 0 Å². The number of aromatic nitrogens is 3. The second-order valence-corrected chi connectivity index (χ2v) is 11.6. The highest BCUT2D eigenvalue weighted by Gasteiger charge is 2.57. The summed E-state index contributed by atoms with van der Waals surface area (Å²) in [5.41, 5.74) is 4.06. The number of nitrogens with zero attached hydrogens (tertiary/aromatic N) is 4. The van der Waals surface area contributed by atoms with E-state index in [2.05, 4.69) is 29.8 Å². The van der Waals surface area contributed by atoms with E-state index in [4.69, 9.17) is 24.2 Å². The summed E-state index contributed by atoms with van der Waals surface area (Å²) in [5, 5.41) is 0. The second-order valence-electron chi connectivity index (χ2n) is 11.6. The van der Waals surface area contributed by atoms with Crippen molar-refractivity contribution in [2.45, 2.75) is 50.7 Å². The monoisotopic (exact) mass is 530 g/mol. The zero-order valence-corrected chi connectivity index (χ0v) is 22.7. The number of fused-ring (bicyclic) bond motifs is 3. The van der Waals surface area contributed by atoms with Gasteiger partial charge >= 0.3 is 0 Å². The molecule has 3 aromatic rings. The average Bonchev–Trinajstić information content (AvgIpc) is 3.46. The Labute approximate surface area is 228 Å². The van der Waals surface area contributed by atoms with Crippen molar-refractivity contribution >= 4 is 5.82 Å². The Balaban J connectivity index is 1.37. The first-order chi connectivity index (χ1) is 19.0. The minimum atomic E-state index is -0.496. The average molecular weight is 531 g/mol. The highest BCUT2D eigenvalue weighted by Crippen LogP contribution is 2.57. The summed E-state index contributed by atoms with van der Waals surface area (Å²) in [4.78, 5) is 17.2. The molecule has 2 saturated heterocycles. The van der Waals surface area contributed by atoms with Crippen LogP contribution in [-0.4, -0.2) is 60.3 Å². The quantitative estimate of drug-likeness (QED) is 0.463. The normalized spacial score (nSPS) is 27.8. The van der Waals surface area contributed by atoms with Gasteiger partial charge in [0.2, 0.25) is 0 Å². The zero-order valence-electron chi connectivity index (χ0n) is 22.7. The van der Waals surface area contributed by atoms with Crippen LogP contribution in [0, 0.1) is 17.7 Å². The smallest absolute Gasteiger partial charge is 0.171 e. The van der Waals surface area contributed by atoms with E-state index >= 15 is 4.39 Å². The summed E-state index contributed by atoms with van der Waals surface area (Å²) >= 11 is 0. The van der Waals surface area contributed by atoms with Gasteiger partial charge in [0, 0.05) is 53.7 Å². The van der Waals surface area contributed by atoms with Crippen molar-refractivity contribution in [1.29, 1.82) is 0 Å². The van der Waals surface area contributed by atoms with Crippen molar-refractivity contribution in [3.8, 4) is 22.6 Å². The summed E-state index contributed by atoms with van der Waals surface area (Å²) in [6.07, 6.45) is 5.31. The van der Waals surface area contributed by atoms with Crippen LogP contribution < -0.4 is 4.90 Å². The predicted molar refractivity (Wildman–Crippen MR) is 146 cm³/mol. The molecule has 0 amide bonds. The highest BCUT2D eigenvalue weighted by molar-refractivity contribution is 5.70. The van der Waals surface area contributed by atoms with E-state index in [0.29, 0.717) is 49.4 Å². The number of benzene rings is 1. The number of anilines is 1. The van der Waals surface area contributed by atoms with Gasteiger partial charge in [0.05, 0.1) is 37.8 Å². The standard InChI is InChI=1S/C31H35FN4O3/c1-20-24-8-7-23-27(22-5-3-4-6-25(22)32)34-29(21-9-12-33-26(19-21)36-13-15-37-16-14-36)35-28(23)30(24,2)10-11-31(20)38-17-18-39-31/h3-6,9,12,19-20,24H,7-8,10-11,13-18H2,1-2H3/t20-,24-,30-/m1/s1. The molecule has 39 heavy (non-hydrogen) atoms. The van der Waals surface area contributed by atoms with Crippen LogP contribution in [-0.2, 0) is 26.0 Å². The number of halogens is 1. The van der Waals surface area contributed by atoms with Crippen LogP contribution in [0.5, 0.6) is 0 Å². The zero-order chi connectivity index (χ0) is 26.6. The maximum Gasteiger partial charge on any atom is 0.171 e. The summed E-state index contributed by atoms with van der Waals surface area (Å²) in [5.74, 6) is 1.32. The van der Waals surface area contributed by atoms with Gasteiger partial charge in [-0.1, -0.05) is 26.0 Å². The van der Waals surface area contributed by atoms with Gasteiger partial charge in [0.15, 0.2) is 11.6 Å². The van der Waals surface area contributed by atoms with E-state index < -0.39 is 5.79 Å². The number of rotatable bonds is 3. The Morgan fingerprint density at radius 1 is 1.00 bits per heavy atom. The predicted octanol–water partition coefficient (Wildman–Crippen LogP) is 5.17. The molecule has 1 saturated carbocycles. The molecule has 2 aromatic heterocycles. The maximum absolute atomic E-state index is 15.3. The fraction of sp³-hybridized carbons (Fsp3) is 0.516. The van der Waals surface area contributed by atoms with Crippen molar-refractivity contribution in [2.24, 2.45) is 11.8 Å². The lowest BCUT2D eigenvalue weighted by atomic mass is 9.54. The summed E-state index contributed by atoms with van der Waals surface area (Å²) < 4.78 is 33.2. The van der Waals surface area contributed by atoms with Crippen LogP contribution in [0.15, 0.2) is 42.6 Å². The summed E-state index contributed by atoms with van der Waals surface area (Å²) in [7, 11) is 0. The summed E-state index contributed by atoms with van der Waals surface area (Å²) in [6.45, 7) is 8.88. The molecule has 4 heterocycles.